The number of aromatic nitrogens is 2. The first-order valence-corrected chi connectivity index (χ1v) is 12.7. The molecule has 37 heavy (non-hydrogen) atoms. The molecule has 4 aromatic rings. The second-order valence-corrected chi connectivity index (χ2v) is 9.79. The Morgan fingerprint density at radius 3 is 2.00 bits per heavy atom. The lowest BCUT2D eigenvalue weighted by Crippen LogP contribution is -2.24. The van der Waals surface area contributed by atoms with Crippen molar-refractivity contribution in [2.75, 3.05) is 5.32 Å². The molecule has 0 aliphatic carbocycles. The molecule has 0 radical (unpaired) electrons. The van der Waals surface area contributed by atoms with Gasteiger partial charge in [-0.2, -0.15) is 0 Å². The average Bonchev–Trinajstić information content (AvgIpc) is 2.92. The number of hydrogen-bond acceptors (Lipinski definition) is 6. The fourth-order valence-corrected chi connectivity index (χ4v) is 4.34. The smallest absolute Gasteiger partial charge is 0.251 e. The van der Waals surface area contributed by atoms with E-state index in [9.17, 15) is 22.0 Å². The van der Waals surface area contributed by atoms with Crippen molar-refractivity contribution in [2.45, 2.75) is 24.5 Å². The number of halogens is 2. The summed E-state index contributed by atoms with van der Waals surface area (Å²) >= 11 is 0. The molecule has 4 rings (SSSR count). The lowest BCUT2D eigenvalue weighted by molar-refractivity contribution is 0.0951. The monoisotopic (exact) mass is 523 g/mol. The number of carbonyl (C=O) groups is 1. The van der Waals surface area contributed by atoms with E-state index in [1.807, 2.05) is 12.1 Å². The Bertz CT molecular complexity index is 1470. The standard InChI is InChI=1S/C26H23F2N5O3S/c27-23-11-10-22(14-24(23)28)37(35,36)33-17-20-4-2-18(3-5-20)15-31-25(34)21-8-6-19(7-9-21)16-32-26-29-12-1-13-30-26/h1-14,33H,15-17H2,(H,31,34)(H,29,30,32). The summed E-state index contributed by atoms with van der Waals surface area (Å²) in [6.45, 7) is 0.773. The Labute approximate surface area is 212 Å². The van der Waals surface area contributed by atoms with E-state index in [0.717, 1.165) is 23.3 Å². The van der Waals surface area contributed by atoms with Crippen LogP contribution in [-0.2, 0) is 29.7 Å². The number of anilines is 1. The number of nitrogens with one attached hydrogen (secondary N) is 3. The van der Waals surface area contributed by atoms with Crippen LogP contribution in [-0.4, -0.2) is 24.3 Å². The van der Waals surface area contributed by atoms with Crippen molar-refractivity contribution in [3.63, 3.8) is 0 Å². The summed E-state index contributed by atoms with van der Waals surface area (Å²) in [6, 6.07) is 18.3. The zero-order valence-electron chi connectivity index (χ0n) is 19.5. The number of amides is 1. The fourth-order valence-electron chi connectivity index (χ4n) is 3.31. The van der Waals surface area contributed by atoms with Gasteiger partial charge in [-0.1, -0.05) is 36.4 Å². The van der Waals surface area contributed by atoms with Crippen molar-refractivity contribution in [2.24, 2.45) is 0 Å². The van der Waals surface area contributed by atoms with Crippen molar-refractivity contribution in [1.29, 1.82) is 0 Å². The third-order valence-corrected chi connectivity index (χ3v) is 6.78. The van der Waals surface area contributed by atoms with Gasteiger partial charge in [0.05, 0.1) is 4.90 Å². The number of nitrogens with zero attached hydrogens (tertiary/aromatic N) is 2. The van der Waals surface area contributed by atoms with E-state index in [2.05, 4.69) is 25.3 Å². The van der Waals surface area contributed by atoms with Gasteiger partial charge in [0.25, 0.3) is 5.91 Å². The van der Waals surface area contributed by atoms with E-state index in [0.29, 0.717) is 29.7 Å². The summed E-state index contributed by atoms with van der Waals surface area (Å²) in [5.74, 6) is -2.06. The van der Waals surface area contributed by atoms with Crippen LogP contribution >= 0.6 is 0 Å². The van der Waals surface area contributed by atoms with E-state index in [-0.39, 0.29) is 23.9 Å². The second kappa shape index (κ2) is 11.7. The Morgan fingerprint density at radius 1 is 0.757 bits per heavy atom. The van der Waals surface area contributed by atoms with Crippen LogP contribution in [0.2, 0.25) is 0 Å². The molecule has 0 fully saturated rings. The molecule has 0 bridgehead atoms. The fraction of sp³-hybridized carbons (Fsp3) is 0.115. The zero-order valence-corrected chi connectivity index (χ0v) is 20.3. The predicted molar refractivity (Wildman–Crippen MR) is 134 cm³/mol. The molecule has 1 amide bonds. The predicted octanol–water partition coefficient (Wildman–Crippen LogP) is 3.78. The number of hydrogen-bond donors (Lipinski definition) is 3. The van der Waals surface area contributed by atoms with Crippen molar-refractivity contribution in [1.82, 2.24) is 20.0 Å². The summed E-state index contributed by atoms with van der Waals surface area (Å²) < 4.78 is 53.4. The normalized spacial score (nSPS) is 11.2. The largest absolute Gasteiger partial charge is 0.350 e. The van der Waals surface area contributed by atoms with Crippen LogP contribution in [0.15, 0.2) is 90.1 Å². The Hall–Kier alpha value is -4.22. The van der Waals surface area contributed by atoms with Gasteiger partial charge in [0.2, 0.25) is 16.0 Å². The van der Waals surface area contributed by atoms with Crippen LogP contribution in [0.25, 0.3) is 0 Å². The molecular weight excluding hydrogens is 500 g/mol. The SMILES string of the molecule is O=C(NCc1ccc(CNS(=O)(=O)c2ccc(F)c(F)c2)cc1)c1ccc(CNc2ncccn2)cc1. The van der Waals surface area contributed by atoms with Crippen molar-refractivity contribution in [3.8, 4) is 0 Å². The molecule has 0 aliphatic heterocycles. The van der Waals surface area contributed by atoms with Gasteiger partial charge in [-0.3, -0.25) is 4.79 Å². The first kappa shape index (κ1) is 25.9. The van der Waals surface area contributed by atoms with Crippen LogP contribution in [0, 0.1) is 11.6 Å². The highest BCUT2D eigenvalue weighted by Crippen LogP contribution is 2.15. The van der Waals surface area contributed by atoms with Gasteiger partial charge in [0, 0.05) is 37.6 Å². The highest BCUT2D eigenvalue weighted by atomic mass is 32.2. The quantitative estimate of drug-likeness (QED) is 0.292. The maximum absolute atomic E-state index is 13.4. The van der Waals surface area contributed by atoms with Crippen LogP contribution < -0.4 is 15.4 Å². The van der Waals surface area contributed by atoms with Crippen LogP contribution in [0.5, 0.6) is 0 Å². The van der Waals surface area contributed by atoms with E-state index in [1.165, 1.54) is 0 Å². The van der Waals surface area contributed by atoms with Crippen LogP contribution in [0.4, 0.5) is 14.7 Å². The average molecular weight is 524 g/mol. The summed E-state index contributed by atoms with van der Waals surface area (Å²) in [5, 5.41) is 5.95. The van der Waals surface area contributed by atoms with Gasteiger partial charge in [-0.05, 0) is 53.1 Å². The maximum Gasteiger partial charge on any atom is 0.251 e. The Kier molecular flexibility index (Phi) is 8.16. The minimum absolute atomic E-state index is 0.0361. The minimum Gasteiger partial charge on any atom is -0.350 e. The Morgan fingerprint density at radius 2 is 1.35 bits per heavy atom. The van der Waals surface area contributed by atoms with Crippen LogP contribution in [0.3, 0.4) is 0 Å². The summed E-state index contributed by atoms with van der Waals surface area (Å²) in [7, 11) is -4.00. The van der Waals surface area contributed by atoms with E-state index in [1.54, 1.807) is 54.9 Å². The molecule has 190 valence electrons. The first-order valence-electron chi connectivity index (χ1n) is 11.2. The van der Waals surface area contributed by atoms with Gasteiger partial charge >= 0.3 is 0 Å². The molecule has 0 aliphatic rings. The van der Waals surface area contributed by atoms with Gasteiger partial charge in [-0.25, -0.2) is 31.9 Å². The number of carbonyl (C=O) groups excluding carboxylic acids is 1. The molecule has 0 saturated heterocycles. The van der Waals surface area contributed by atoms with E-state index in [4.69, 9.17) is 0 Å². The molecule has 1 heterocycles. The highest BCUT2D eigenvalue weighted by Gasteiger charge is 2.16. The summed E-state index contributed by atoms with van der Waals surface area (Å²) in [4.78, 5) is 20.3. The molecule has 1 aromatic heterocycles. The number of benzene rings is 3. The van der Waals surface area contributed by atoms with Crippen molar-refractivity contribution >= 4 is 21.9 Å². The molecule has 0 saturated carbocycles. The van der Waals surface area contributed by atoms with Gasteiger partial charge in [0.15, 0.2) is 11.6 Å². The van der Waals surface area contributed by atoms with Crippen molar-refractivity contribution < 1.29 is 22.0 Å². The maximum atomic E-state index is 13.4. The third kappa shape index (κ3) is 7.15. The molecular formula is C26H23F2N5O3S. The first-order chi connectivity index (χ1) is 17.8. The van der Waals surface area contributed by atoms with Crippen molar-refractivity contribution in [3.05, 3.63) is 119 Å². The molecule has 0 atom stereocenters. The zero-order chi connectivity index (χ0) is 26.3. The number of sulfonamides is 1. The molecule has 3 N–H and O–H groups in total. The Balaban J connectivity index is 1.25. The third-order valence-electron chi connectivity index (χ3n) is 5.38. The lowest BCUT2D eigenvalue weighted by Gasteiger charge is -2.09. The molecule has 8 nitrogen and oxygen atoms in total. The van der Waals surface area contributed by atoms with Gasteiger partial charge < -0.3 is 10.6 Å². The van der Waals surface area contributed by atoms with Gasteiger partial charge in [-0.15, -0.1) is 0 Å². The number of rotatable bonds is 10. The van der Waals surface area contributed by atoms with E-state index >= 15 is 0 Å². The lowest BCUT2D eigenvalue weighted by atomic mass is 10.1. The molecule has 0 spiro atoms. The van der Waals surface area contributed by atoms with E-state index < -0.39 is 21.7 Å². The second-order valence-electron chi connectivity index (χ2n) is 8.02. The molecule has 0 unspecified atom stereocenters. The minimum atomic E-state index is -4.00. The molecule has 11 heteroatoms. The topological polar surface area (TPSA) is 113 Å². The molecule has 3 aromatic carbocycles. The highest BCUT2D eigenvalue weighted by molar-refractivity contribution is 7.89. The van der Waals surface area contributed by atoms with Gasteiger partial charge in [0.1, 0.15) is 0 Å². The summed E-state index contributed by atoms with van der Waals surface area (Å²) in [6.07, 6.45) is 3.30. The summed E-state index contributed by atoms with van der Waals surface area (Å²) in [5.41, 5.74) is 2.97. The van der Waals surface area contributed by atoms with Crippen LogP contribution in [0.1, 0.15) is 27.0 Å².